The highest BCUT2D eigenvalue weighted by Crippen LogP contribution is 2.31. The fourth-order valence-corrected chi connectivity index (χ4v) is 3.02. The average molecular weight is 360 g/mol. The van der Waals surface area contributed by atoms with E-state index in [0.29, 0.717) is 17.9 Å². The lowest BCUT2D eigenvalue weighted by atomic mass is 10.1. The van der Waals surface area contributed by atoms with Gasteiger partial charge in [0.15, 0.2) is 5.82 Å². The predicted molar refractivity (Wildman–Crippen MR) is 101 cm³/mol. The second-order valence-electron chi connectivity index (χ2n) is 6.51. The van der Waals surface area contributed by atoms with E-state index in [1.165, 1.54) is 0 Å². The molecule has 0 N–H and O–H groups in total. The van der Waals surface area contributed by atoms with Crippen LogP contribution in [0.25, 0.3) is 11.4 Å². The van der Waals surface area contributed by atoms with Gasteiger partial charge >= 0.3 is 0 Å². The first-order valence-electron chi connectivity index (χ1n) is 8.91. The Morgan fingerprint density at radius 2 is 1.81 bits per heavy atom. The average Bonchev–Trinajstić information content (AvgIpc) is 3.58. The van der Waals surface area contributed by atoms with Crippen LogP contribution in [-0.4, -0.2) is 38.9 Å². The molecule has 1 fully saturated rings. The highest BCUT2D eigenvalue weighted by atomic mass is 16.5. The summed E-state index contributed by atoms with van der Waals surface area (Å²) in [5.74, 6) is 1.32. The third-order valence-corrected chi connectivity index (χ3v) is 4.62. The molecule has 1 amide bonds. The Bertz CT molecular complexity index is 924. The summed E-state index contributed by atoms with van der Waals surface area (Å²) >= 11 is 0. The number of nitrogens with zero attached hydrogens (tertiary/aromatic N) is 4. The van der Waals surface area contributed by atoms with E-state index in [2.05, 4.69) is 15.0 Å². The zero-order chi connectivity index (χ0) is 18.6. The second kappa shape index (κ2) is 7.53. The molecule has 0 spiro atoms. The predicted octanol–water partition coefficient (Wildman–Crippen LogP) is 3.35. The maximum atomic E-state index is 13.1. The number of carbonyl (C=O) groups excluding carboxylic acids is 1. The number of para-hydroxylation sites is 1. The first-order chi connectivity index (χ1) is 13.3. The zero-order valence-corrected chi connectivity index (χ0v) is 15.1. The van der Waals surface area contributed by atoms with Gasteiger partial charge in [-0.15, -0.1) is 0 Å². The van der Waals surface area contributed by atoms with Gasteiger partial charge in [-0.05, 0) is 31.0 Å². The molecule has 0 atom stereocenters. The topological polar surface area (TPSA) is 68.2 Å². The molecular formula is C21H20N4O2. The summed E-state index contributed by atoms with van der Waals surface area (Å²) < 4.78 is 5.43. The van der Waals surface area contributed by atoms with Gasteiger partial charge in [-0.3, -0.25) is 9.78 Å². The number of rotatable bonds is 6. The van der Waals surface area contributed by atoms with Crippen LogP contribution in [0.1, 0.15) is 28.8 Å². The molecular weight excluding hydrogens is 340 g/mol. The van der Waals surface area contributed by atoms with Crippen LogP contribution in [0.3, 0.4) is 0 Å². The number of ether oxygens (including phenoxy) is 1. The molecule has 2 aromatic heterocycles. The second-order valence-corrected chi connectivity index (χ2v) is 6.51. The van der Waals surface area contributed by atoms with Gasteiger partial charge in [0.25, 0.3) is 5.91 Å². The van der Waals surface area contributed by atoms with Crippen molar-refractivity contribution in [3.05, 3.63) is 72.3 Å². The lowest BCUT2D eigenvalue weighted by Crippen LogP contribution is -2.33. The van der Waals surface area contributed by atoms with Crippen LogP contribution >= 0.6 is 0 Å². The fourth-order valence-electron chi connectivity index (χ4n) is 3.02. The van der Waals surface area contributed by atoms with Crippen molar-refractivity contribution < 1.29 is 9.53 Å². The van der Waals surface area contributed by atoms with E-state index < -0.39 is 0 Å². The molecule has 0 aliphatic heterocycles. The molecule has 1 aliphatic carbocycles. The van der Waals surface area contributed by atoms with E-state index in [1.54, 1.807) is 31.9 Å². The lowest BCUT2D eigenvalue weighted by molar-refractivity contribution is 0.0728. The fraction of sp³-hybridized carbons (Fsp3) is 0.238. The first kappa shape index (κ1) is 17.1. The molecule has 1 aromatic carbocycles. The van der Waals surface area contributed by atoms with Crippen molar-refractivity contribution in [3.63, 3.8) is 0 Å². The molecule has 136 valence electrons. The summed E-state index contributed by atoms with van der Waals surface area (Å²) in [6, 6.07) is 11.7. The molecule has 3 aromatic rings. The maximum Gasteiger partial charge on any atom is 0.257 e. The quantitative estimate of drug-likeness (QED) is 0.674. The van der Waals surface area contributed by atoms with Crippen LogP contribution in [-0.2, 0) is 6.54 Å². The lowest BCUT2D eigenvalue weighted by Gasteiger charge is -2.23. The number of aromatic nitrogens is 3. The number of methoxy groups -OCH3 is 1. The summed E-state index contributed by atoms with van der Waals surface area (Å²) in [6.45, 7) is 0.514. The monoisotopic (exact) mass is 360 g/mol. The van der Waals surface area contributed by atoms with Gasteiger partial charge in [0.2, 0.25) is 0 Å². The van der Waals surface area contributed by atoms with Crippen molar-refractivity contribution in [1.82, 2.24) is 19.9 Å². The number of pyridine rings is 1. The Morgan fingerprint density at radius 3 is 2.48 bits per heavy atom. The SMILES string of the molecule is COc1ccccc1CN(C(=O)c1cnc(-c2ccncc2)nc1)C1CC1. The minimum atomic E-state index is -0.0512. The summed E-state index contributed by atoms with van der Waals surface area (Å²) in [4.78, 5) is 27.7. The van der Waals surface area contributed by atoms with Gasteiger partial charge in [-0.2, -0.15) is 0 Å². The molecule has 6 heteroatoms. The minimum Gasteiger partial charge on any atom is -0.496 e. The molecule has 1 saturated carbocycles. The van der Waals surface area contributed by atoms with Gasteiger partial charge in [0.1, 0.15) is 5.75 Å². The standard InChI is InChI=1S/C21H20N4O2/c1-27-19-5-3-2-4-16(19)14-25(18-6-7-18)21(26)17-12-23-20(24-13-17)15-8-10-22-11-9-15/h2-5,8-13,18H,6-7,14H2,1H3. The highest BCUT2D eigenvalue weighted by molar-refractivity contribution is 5.94. The largest absolute Gasteiger partial charge is 0.496 e. The third kappa shape index (κ3) is 3.79. The normalized spacial score (nSPS) is 13.2. The Kier molecular flexibility index (Phi) is 4.78. The van der Waals surface area contributed by atoms with Crippen LogP contribution in [0.15, 0.2) is 61.2 Å². The molecule has 4 rings (SSSR count). The van der Waals surface area contributed by atoms with Crippen molar-refractivity contribution in [2.24, 2.45) is 0 Å². The first-order valence-corrected chi connectivity index (χ1v) is 8.91. The van der Waals surface area contributed by atoms with Crippen molar-refractivity contribution >= 4 is 5.91 Å². The van der Waals surface area contributed by atoms with Gasteiger partial charge in [-0.25, -0.2) is 9.97 Å². The van der Waals surface area contributed by atoms with E-state index in [4.69, 9.17) is 4.74 Å². The third-order valence-electron chi connectivity index (χ3n) is 4.62. The molecule has 0 saturated heterocycles. The Morgan fingerprint density at radius 1 is 1.11 bits per heavy atom. The van der Waals surface area contributed by atoms with E-state index in [9.17, 15) is 4.79 Å². The number of hydrogen-bond acceptors (Lipinski definition) is 5. The molecule has 0 radical (unpaired) electrons. The number of amides is 1. The number of benzene rings is 1. The van der Waals surface area contributed by atoms with Crippen molar-refractivity contribution in [3.8, 4) is 17.1 Å². The van der Waals surface area contributed by atoms with Crippen molar-refractivity contribution in [1.29, 1.82) is 0 Å². The highest BCUT2D eigenvalue weighted by Gasteiger charge is 2.33. The van der Waals surface area contributed by atoms with Crippen LogP contribution in [0.2, 0.25) is 0 Å². The van der Waals surface area contributed by atoms with E-state index in [-0.39, 0.29) is 11.9 Å². The minimum absolute atomic E-state index is 0.0512. The van der Waals surface area contributed by atoms with Crippen LogP contribution < -0.4 is 4.74 Å². The number of carbonyl (C=O) groups is 1. The van der Waals surface area contributed by atoms with Gasteiger partial charge in [0, 0.05) is 48.5 Å². The van der Waals surface area contributed by atoms with E-state index in [0.717, 1.165) is 29.7 Å². The van der Waals surface area contributed by atoms with Crippen molar-refractivity contribution in [2.45, 2.75) is 25.4 Å². The van der Waals surface area contributed by atoms with E-state index >= 15 is 0 Å². The van der Waals surface area contributed by atoms with Crippen molar-refractivity contribution in [2.75, 3.05) is 7.11 Å². The van der Waals surface area contributed by atoms with Gasteiger partial charge in [-0.1, -0.05) is 18.2 Å². The maximum absolute atomic E-state index is 13.1. The molecule has 27 heavy (non-hydrogen) atoms. The van der Waals surface area contributed by atoms with Gasteiger partial charge < -0.3 is 9.64 Å². The number of hydrogen-bond donors (Lipinski definition) is 0. The summed E-state index contributed by atoms with van der Waals surface area (Å²) in [6.07, 6.45) is 8.64. The molecule has 2 heterocycles. The van der Waals surface area contributed by atoms with Gasteiger partial charge in [0.05, 0.1) is 12.7 Å². The summed E-state index contributed by atoms with van der Waals surface area (Å²) in [7, 11) is 1.65. The molecule has 6 nitrogen and oxygen atoms in total. The summed E-state index contributed by atoms with van der Waals surface area (Å²) in [5, 5.41) is 0. The van der Waals surface area contributed by atoms with E-state index in [1.807, 2.05) is 41.3 Å². The smallest absolute Gasteiger partial charge is 0.257 e. The molecule has 0 bridgehead atoms. The Balaban J connectivity index is 1.56. The van der Waals surface area contributed by atoms with Crippen LogP contribution in [0, 0.1) is 0 Å². The van der Waals surface area contributed by atoms with Crippen LogP contribution in [0.4, 0.5) is 0 Å². The summed E-state index contributed by atoms with van der Waals surface area (Å²) in [5.41, 5.74) is 2.36. The Hall–Kier alpha value is -3.28. The molecule has 1 aliphatic rings. The zero-order valence-electron chi connectivity index (χ0n) is 15.1. The Labute approximate surface area is 157 Å². The molecule has 0 unspecified atom stereocenters. The van der Waals surface area contributed by atoms with Crippen LogP contribution in [0.5, 0.6) is 5.75 Å².